The fourth-order valence-electron chi connectivity index (χ4n) is 1.34. The van der Waals surface area contributed by atoms with Gasteiger partial charge in [0, 0.05) is 11.5 Å². The van der Waals surface area contributed by atoms with Gasteiger partial charge in [-0.25, -0.2) is 13.2 Å². The number of carbonyl (C=O) groups is 1. The Hall–Kier alpha value is -2.28. The molecule has 0 bridgehead atoms. The third kappa shape index (κ3) is 2.21. The SMILES string of the molecule is NC1=C(C(=O)Oc2cccc(O)c2)C=CS1(=O)=O. The molecule has 1 aliphatic rings. The summed E-state index contributed by atoms with van der Waals surface area (Å²) in [5, 5.41) is 9.49. The monoisotopic (exact) mass is 267 g/mol. The lowest BCUT2D eigenvalue weighted by molar-refractivity contribution is -0.129. The van der Waals surface area contributed by atoms with E-state index in [-0.39, 0.29) is 17.1 Å². The molecule has 0 saturated heterocycles. The maximum atomic E-state index is 11.7. The molecule has 0 saturated carbocycles. The lowest BCUT2D eigenvalue weighted by Gasteiger charge is -2.04. The van der Waals surface area contributed by atoms with Crippen LogP contribution in [0.5, 0.6) is 11.5 Å². The molecule has 6 nitrogen and oxygen atoms in total. The Morgan fingerprint density at radius 3 is 2.61 bits per heavy atom. The maximum Gasteiger partial charge on any atom is 0.346 e. The number of hydrogen-bond acceptors (Lipinski definition) is 6. The van der Waals surface area contributed by atoms with Gasteiger partial charge in [-0.15, -0.1) is 0 Å². The molecule has 1 aromatic carbocycles. The van der Waals surface area contributed by atoms with Crippen molar-refractivity contribution in [1.29, 1.82) is 0 Å². The van der Waals surface area contributed by atoms with Crippen molar-refractivity contribution >= 4 is 15.8 Å². The van der Waals surface area contributed by atoms with Gasteiger partial charge in [-0.3, -0.25) is 0 Å². The Morgan fingerprint density at radius 1 is 1.33 bits per heavy atom. The summed E-state index contributed by atoms with van der Waals surface area (Å²) in [4.78, 5) is 11.7. The number of ether oxygens (including phenoxy) is 1. The molecule has 1 heterocycles. The molecule has 0 aromatic heterocycles. The lowest BCUT2D eigenvalue weighted by atomic mass is 10.3. The van der Waals surface area contributed by atoms with Gasteiger partial charge in [0.1, 0.15) is 16.5 Å². The number of phenolic OH excluding ortho intramolecular Hbond substituents is 1. The first-order valence-corrected chi connectivity index (χ1v) is 6.39. The highest BCUT2D eigenvalue weighted by Crippen LogP contribution is 2.23. The molecule has 0 unspecified atom stereocenters. The molecule has 7 heteroatoms. The second-order valence-corrected chi connectivity index (χ2v) is 5.31. The van der Waals surface area contributed by atoms with E-state index in [1.165, 1.54) is 24.3 Å². The summed E-state index contributed by atoms with van der Waals surface area (Å²) in [6.45, 7) is 0. The molecule has 1 aromatic rings. The molecule has 2 rings (SSSR count). The predicted molar refractivity (Wildman–Crippen MR) is 63.0 cm³/mol. The average molecular weight is 267 g/mol. The standard InChI is InChI=1S/C11H9NO5S/c12-10-9(4-5-18(10,15)16)11(14)17-8-3-1-2-7(13)6-8/h1-6,13H,12H2. The van der Waals surface area contributed by atoms with E-state index < -0.39 is 20.8 Å². The molecule has 3 N–H and O–H groups in total. The Morgan fingerprint density at radius 2 is 2.06 bits per heavy atom. The molecule has 0 radical (unpaired) electrons. The van der Waals surface area contributed by atoms with Gasteiger partial charge in [0.15, 0.2) is 0 Å². The largest absolute Gasteiger partial charge is 0.508 e. The topological polar surface area (TPSA) is 107 Å². The molecular formula is C11H9NO5S. The fourth-order valence-corrected chi connectivity index (χ4v) is 2.26. The van der Waals surface area contributed by atoms with Crippen molar-refractivity contribution < 1.29 is 23.1 Å². The van der Waals surface area contributed by atoms with Crippen LogP contribution in [-0.4, -0.2) is 19.5 Å². The second kappa shape index (κ2) is 4.19. The fraction of sp³-hybridized carbons (Fsp3) is 0. The van der Waals surface area contributed by atoms with Gasteiger partial charge in [0.05, 0.1) is 5.57 Å². The first-order valence-electron chi connectivity index (χ1n) is 4.84. The van der Waals surface area contributed by atoms with Gasteiger partial charge >= 0.3 is 5.97 Å². The van der Waals surface area contributed by atoms with E-state index in [1.807, 2.05) is 0 Å². The highest BCUT2D eigenvalue weighted by atomic mass is 32.2. The van der Waals surface area contributed by atoms with Crippen molar-refractivity contribution in [1.82, 2.24) is 0 Å². The van der Waals surface area contributed by atoms with E-state index in [4.69, 9.17) is 10.5 Å². The van der Waals surface area contributed by atoms with Crippen LogP contribution in [0.25, 0.3) is 0 Å². The van der Waals surface area contributed by atoms with E-state index in [1.54, 1.807) is 0 Å². The number of nitrogens with two attached hydrogens (primary N) is 1. The molecule has 0 aliphatic carbocycles. The zero-order chi connectivity index (χ0) is 13.3. The number of rotatable bonds is 2. The number of phenols is 1. The zero-order valence-electron chi connectivity index (χ0n) is 9.03. The quantitative estimate of drug-likeness (QED) is 0.593. The molecular weight excluding hydrogens is 258 g/mol. The zero-order valence-corrected chi connectivity index (χ0v) is 9.85. The molecule has 0 spiro atoms. The molecule has 1 aliphatic heterocycles. The average Bonchev–Trinajstić information content (AvgIpc) is 2.54. The highest BCUT2D eigenvalue weighted by Gasteiger charge is 2.27. The van der Waals surface area contributed by atoms with Crippen LogP contribution in [0.1, 0.15) is 0 Å². The van der Waals surface area contributed by atoms with Gasteiger partial charge in [-0.2, -0.15) is 0 Å². The summed E-state index contributed by atoms with van der Waals surface area (Å²) >= 11 is 0. The van der Waals surface area contributed by atoms with Crippen LogP contribution in [0, 0.1) is 0 Å². The normalized spacial score (nSPS) is 16.9. The van der Waals surface area contributed by atoms with Gasteiger partial charge < -0.3 is 15.6 Å². The first kappa shape index (κ1) is 12.2. The van der Waals surface area contributed by atoms with Crippen LogP contribution in [0.4, 0.5) is 0 Å². The van der Waals surface area contributed by atoms with Crippen molar-refractivity contribution in [3.05, 3.63) is 46.4 Å². The third-order valence-electron chi connectivity index (χ3n) is 2.23. The Kier molecular flexibility index (Phi) is 2.84. The number of carbonyl (C=O) groups excluding carboxylic acids is 1. The van der Waals surface area contributed by atoms with Crippen molar-refractivity contribution in [2.75, 3.05) is 0 Å². The third-order valence-corrected chi connectivity index (χ3v) is 3.56. The van der Waals surface area contributed by atoms with Crippen LogP contribution in [0.2, 0.25) is 0 Å². The Labute approximate surface area is 103 Å². The maximum absolute atomic E-state index is 11.7. The van der Waals surface area contributed by atoms with Crippen LogP contribution < -0.4 is 10.5 Å². The summed E-state index contributed by atoms with van der Waals surface area (Å²) < 4.78 is 27.4. The molecule has 0 atom stereocenters. The summed E-state index contributed by atoms with van der Waals surface area (Å²) in [5.41, 5.74) is 5.10. The number of esters is 1. The molecule has 18 heavy (non-hydrogen) atoms. The minimum Gasteiger partial charge on any atom is -0.508 e. The van der Waals surface area contributed by atoms with E-state index in [9.17, 15) is 18.3 Å². The van der Waals surface area contributed by atoms with Crippen molar-refractivity contribution in [2.24, 2.45) is 5.73 Å². The number of sulfone groups is 1. The van der Waals surface area contributed by atoms with E-state index in [0.717, 1.165) is 11.5 Å². The Bertz CT molecular complexity index is 672. The predicted octanol–water partition coefficient (Wildman–Crippen LogP) is 0.410. The Balaban J connectivity index is 2.25. The van der Waals surface area contributed by atoms with Crippen molar-refractivity contribution in [3.63, 3.8) is 0 Å². The van der Waals surface area contributed by atoms with Gasteiger partial charge in [0.25, 0.3) is 0 Å². The smallest absolute Gasteiger partial charge is 0.346 e. The van der Waals surface area contributed by atoms with Gasteiger partial charge in [0.2, 0.25) is 9.84 Å². The van der Waals surface area contributed by atoms with Gasteiger partial charge in [-0.1, -0.05) is 6.07 Å². The highest BCUT2D eigenvalue weighted by molar-refractivity contribution is 7.98. The minimum absolute atomic E-state index is 0.0724. The first-order chi connectivity index (χ1) is 8.40. The summed E-state index contributed by atoms with van der Waals surface area (Å²) in [6.07, 6.45) is 1.08. The van der Waals surface area contributed by atoms with Crippen LogP contribution >= 0.6 is 0 Å². The van der Waals surface area contributed by atoms with E-state index in [0.29, 0.717) is 0 Å². The van der Waals surface area contributed by atoms with Crippen LogP contribution in [0.15, 0.2) is 46.4 Å². The van der Waals surface area contributed by atoms with Crippen molar-refractivity contribution in [2.45, 2.75) is 0 Å². The van der Waals surface area contributed by atoms with E-state index >= 15 is 0 Å². The number of aromatic hydroxyl groups is 1. The minimum atomic E-state index is -3.69. The second-order valence-electron chi connectivity index (χ2n) is 3.51. The summed E-state index contributed by atoms with van der Waals surface area (Å²) in [7, 11) is -3.69. The van der Waals surface area contributed by atoms with Crippen molar-refractivity contribution in [3.8, 4) is 11.5 Å². The van der Waals surface area contributed by atoms with Gasteiger partial charge in [-0.05, 0) is 18.2 Å². The summed E-state index contributed by atoms with van der Waals surface area (Å²) in [5.74, 6) is -0.870. The molecule has 94 valence electrons. The molecule has 0 fully saturated rings. The number of benzene rings is 1. The van der Waals surface area contributed by atoms with E-state index in [2.05, 4.69) is 0 Å². The summed E-state index contributed by atoms with van der Waals surface area (Å²) in [6, 6.07) is 5.56. The molecule has 0 amide bonds. The van der Waals surface area contributed by atoms with Crippen LogP contribution in [-0.2, 0) is 14.6 Å². The van der Waals surface area contributed by atoms with Crippen LogP contribution in [0.3, 0.4) is 0 Å². The lowest BCUT2D eigenvalue weighted by Crippen LogP contribution is -2.16. The number of hydrogen-bond donors (Lipinski definition) is 2.